The first-order chi connectivity index (χ1) is 7.89. The molecule has 0 spiro atoms. The van der Waals surface area contributed by atoms with Crippen LogP contribution in [0, 0.1) is 6.92 Å². The Kier molecular flexibility index (Phi) is 3.45. The molecule has 0 bridgehead atoms. The molecule has 4 nitrogen and oxygen atoms in total. The zero-order valence-electron chi connectivity index (χ0n) is 9.85. The van der Waals surface area contributed by atoms with Crippen molar-refractivity contribution in [1.82, 2.24) is 4.98 Å². The van der Waals surface area contributed by atoms with Crippen LogP contribution in [-0.4, -0.2) is 37.5 Å². The molecule has 1 unspecified atom stereocenters. The van der Waals surface area contributed by atoms with Crippen molar-refractivity contribution in [3.63, 3.8) is 0 Å². The number of aryl methyl sites for hydroxylation is 1. The maximum atomic E-state index is 11.5. The molecule has 1 atom stereocenters. The smallest absolute Gasteiger partial charge is 0.154 e. The van der Waals surface area contributed by atoms with E-state index in [1.807, 2.05) is 24.8 Å². The Labute approximate surface area is 110 Å². The third kappa shape index (κ3) is 2.80. The van der Waals surface area contributed by atoms with E-state index < -0.39 is 9.84 Å². The van der Waals surface area contributed by atoms with Gasteiger partial charge in [-0.3, -0.25) is 0 Å². The van der Waals surface area contributed by atoms with Gasteiger partial charge in [-0.15, -0.1) is 0 Å². The second kappa shape index (κ2) is 4.57. The van der Waals surface area contributed by atoms with Crippen LogP contribution in [0.15, 0.2) is 16.7 Å². The fraction of sp³-hybridized carbons (Fsp3) is 0.545. The molecule has 1 saturated heterocycles. The first-order valence-electron chi connectivity index (χ1n) is 5.48. The summed E-state index contributed by atoms with van der Waals surface area (Å²) in [5.74, 6) is 1.24. The monoisotopic (exact) mass is 318 g/mol. The Morgan fingerprint density at radius 2 is 2.24 bits per heavy atom. The summed E-state index contributed by atoms with van der Waals surface area (Å²) in [5, 5.41) is 0. The van der Waals surface area contributed by atoms with E-state index in [1.54, 1.807) is 6.20 Å². The average molecular weight is 319 g/mol. The van der Waals surface area contributed by atoms with Crippen molar-refractivity contribution < 1.29 is 8.42 Å². The summed E-state index contributed by atoms with van der Waals surface area (Å²) in [7, 11) is -2.88. The highest BCUT2D eigenvalue weighted by atomic mass is 79.9. The molecular weight excluding hydrogens is 304 g/mol. The maximum absolute atomic E-state index is 11.5. The summed E-state index contributed by atoms with van der Waals surface area (Å²) in [4.78, 5) is 6.43. The first kappa shape index (κ1) is 12.8. The van der Waals surface area contributed by atoms with E-state index in [2.05, 4.69) is 20.9 Å². The Bertz CT molecular complexity index is 530. The highest BCUT2D eigenvalue weighted by Gasteiger charge is 2.29. The molecule has 0 saturated carbocycles. The van der Waals surface area contributed by atoms with Crippen LogP contribution in [0.4, 0.5) is 5.82 Å². The number of halogens is 1. The van der Waals surface area contributed by atoms with Gasteiger partial charge in [-0.05, 0) is 41.4 Å². The van der Waals surface area contributed by atoms with Gasteiger partial charge in [0, 0.05) is 18.8 Å². The molecule has 1 aliphatic rings. The van der Waals surface area contributed by atoms with Gasteiger partial charge in [-0.25, -0.2) is 13.4 Å². The van der Waals surface area contributed by atoms with Gasteiger partial charge in [-0.1, -0.05) is 0 Å². The quantitative estimate of drug-likeness (QED) is 0.792. The normalized spacial score (nSPS) is 23.7. The summed E-state index contributed by atoms with van der Waals surface area (Å²) in [5.41, 5.74) is 1.08. The van der Waals surface area contributed by atoms with Gasteiger partial charge in [0.2, 0.25) is 0 Å². The molecule has 0 aromatic carbocycles. The van der Waals surface area contributed by atoms with Crippen molar-refractivity contribution in [2.45, 2.75) is 19.9 Å². The number of aromatic nitrogens is 1. The highest BCUT2D eigenvalue weighted by Crippen LogP contribution is 2.28. The van der Waals surface area contributed by atoms with Gasteiger partial charge in [-0.2, -0.15) is 0 Å². The summed E-state index contributed by atoms with van der Waals surface area (Å²) in [6.07, 6.45) is 1.80. The minimum absolute atomic E-state index is 0.0275. The number of anilines is 1. The van der Waals surface area contributed by atoms with E-state index in [9.17, 15) is 8.42 Å². The zero-order chi connectivity index (χ0) is 12.6. The van der Waals surface area contributed by atoms with Crippen LogP contribution in [0.1, 0.15) is 12.5 Å². The fourth-order valence-electron chi connectivity index (χ4n) is 2.05. The molecule has 2 rings (SSSR count). The van der Waals surface area contributed by atoms with Crippen molar-refractivity contribution in [3.8, 4) is 0 Å². The Morgan fingerprint density at radius 3 is 2.82 bits per heavy atom. The standard InChI is InChI=1S/C11H15BrN2O2S/c1-8-5-10(12)11(13-6-8)14-3-4-17(15,16)7-9(14)2/h5-6,9H,3-4,7H2,1-2H3. The predicted octanol–water partition coefficient (Wildman–Crippen LogP) is 1.78. The van der Waals surface area contributed by atoms with E-state index in [-0.39, 0.29) is 17.5 Å². The lowest BCUT2D eigenvalue weighted by Crippen LogP contribution is -2.47. The van der Waals surface area contributed by atoms with Crippen LogP contribution < -0.4 is 4.90 Å². The van der Waals surface area contributed by atoms with E-state index in [0.29, 0.717) is 6.54 Å². The number of hydrogen-bond acceptors (Lipinski definition) is 4. The van der Waals surface area contributed by atoms with Crippen LogP contribution >= 0.6 is 15.9 Å². The maximum Gasteiger partial charge on any atom is 0.154 e. The number of nitrogens with zero attached hydrogens (tertiary/aromatic N) is 2. The number of sulfone groups is 1. The van der Waals surface area contributed by atoms with Gasteiger partial charge in [0.05, 0.1) is 16.0 Å². The van der Waals surface area contributed by atoms with Crippen LogP contribution in [0.3, 0.4) is 0 Å². The number of hydrogen-bond donors (Lipinski definition) is 0. The summed E-state index contributed by atoms with van der Waals surface area (Å²) < 4.78 is 24.0. The minimum Gasteiger partial charge on any atom is -0.351 e. The molecule has 0 radical (unpaired) electrons. The minimum atomic E-state index is -2.88. The van der Waals surface area contributed by atoms with E-state index in [4.69, 9.17) is 0 Å². The van der Waals surface area contributed by atoms with Gasteiger partial charge in [0.15, 0.2) is 9.84 Å². The molecule has 1 aliphatic heterocycles. The van der Waals surface area contributed by atoms with Crippen molar-refractivity contribution in [2.75, 3.05) is 23.0 Å². The third-order valence-corrected chi connectivity index (χ3v) is 5.28. The van der Waals surface area contributed by atoms with E-state index in [0.717, 1.165) is 15.9 Å². The van der Waals surface area contributed by atoms with Crippen molar-refractivity contribution in [3.05, 3.63) is 22.3 Å². The van der Waals surface area contributed by atoms with Gasteiger partial charge >= 0.3 is 0 Å². The molecule has 6 heteroatoms. The van der Waals surface area contributed by atoms with Gasteiger partial charge in [0.1, 0.15) is 5.82 Å². The lowest BCUT2D eigenvalue weighted by molar-refractivity contribution is 0.566. The Hall–Kier alpha value is -0.620. The second-order valence-corrected chi connectivity index (χ2v) is 7.56. The van der Waals surface area contributed by atoms with E-state index in [1.165, 1.54) is 0 Å². The third-order valence-electron chi connectivity index (χ3n) is 2.90. The lowest BCUT2D eigenvalue weighted by Gasteiger charge is -2.34. The van der Waals surface area contributed by atoms with Crippen molar-refractivity contribution in [2.24, 2.45) is 0 Å². The van der Waals surface area contributed by atoms with Crippen LogP contribution in [0.5, 0.6) is 0 Å². The largest absolute Gasteiger partial charge is 0.351 e. The summed E-state index contributed by atoms with van der Waals surface area (Å²) in [6.45, 7) is 4.41. The van der Waals surface area contributed by atoms with Gasteiger partial charge < -0.3 is 4.90 Å². The predicted molar refractivity (Wildman–Crippen MR) is 72.1 cm³/mol. The fourth-order valence-corrected chi connectivity index (χ4v) is 4.30. The number of rotatable bonds is 1. The molecule has 94 valence electrons. The Balaban J connectivity index is 2.29. The van der Waals surface area contributed by atoms with Crippen molar-refractivity contribution in [1.29, 1.82) is 0 Å². The summed E-state index contributed by atoms with van der Waals surface area (Å²) >= 11 is 3.49. The van der Waals surface area contributed by atoms with E-state index >= 15 is 0 Å². The molecule has 1 aromatic heterocycles. The second-order valence-electron chi connectivity index (χ2n) is 4.47. The molecular formula is C11H15BrN2O2S. The molecule has 17 heavy (non-hydrogen) atoms. The molecule has 1 fully saturated rings. The average Bonchev–Trinajstić information content (AvgIpc) is 2.18. The Morgan fingerprint density at radius 1 is 1.53 bits per heavy atom. The van der Waals surface area contributed by atoms with Crippen LogP contribution in [0.25, 0.3) is 0 Å². The molecule has 2 heterocycles. The molecule has 1 aromatic rings. The van der Waals surface area contributed by atoms with Crippen LogP contribution in [-0.2, 0) is 9.84 Å². The topological polar surface area (TPSA) is 50.3 Å². The zero-order valence-corrected chi connectivity index (χ0v) is 12.3. The lowest BCUT2D eigenvalue weighted by atomic mass is 10.2. The molecule has 0 N–H and O–H groups in total. The molecule has 0 aliphatic carbocycles. The molecule has 0 amide bonds. The van der Waals surface area contributed by atoms with Crippen molar-refractivity contribution >= 4 is 31.6 Å². The summed E-state index contributed by atoms with van der Waals surface area (Å²) in [6, 6.07) is 1.97. The van der Waals surface area contributed by atoms with Crippen LogP contribution in [0.2, 0.25) is 0 Å². The highest BCUT2D eigenvalue weighted by molar-refractivity contribution is 9.10. The first-order valence-corrected chi connectivity index (χ1v) is 8.10. The van der Waals surface area contributed by atoms with Gasteiger partial charge in [0.25, 0.3) is 0 Å². The SMILES string of the molecule is Cc1cnc(N2CCS(=O)(=O)CC2C)c(Br)c1. The number of pyridine rings is 1.